The molecule has 74 valence electrons. The first kappa shape index (κ1) is 8.91. The summed E-state index contributed by atoms with van der Waals surface area (Å²) in [6.45, 7) is 0. The molecule has 0 saturated heterocycles. The fourth-order valence-corrected chi connectivity index (χ4v) is 1.12. The predicted octanol–water partition coefficient (Wildman–Crippen LogP) is 2.07. The molecule has 1 aromatic heterocycles. The highest BCUT2D eigenvalue weighted by Crippen LogP contribution is 2.30. The molecule has 0 N–H and O–H groups in total. The molecular formula is C6H2N6O3. The highest BCUT2D eigenvalue weighted by Gasteiger charge is 2.18. The number of fused-ring (bicyclic) bond motifs is 1. The summed E-state index contributed by atoms with van der Waals surface area (Å²) in [5.74, 6) is 0. The number of rotatable bonds is 2. The Kier molecular flexibility index (Phi) is 1.92. The molecule has 0 aliphatic carbocycles. The van der Waals surface area contributed by atoms with Crippen molar-refractivity contribution in [1.82, 2.24) is 10.3 Å². The number of nitro groups is 1. The monoisotopic (exact) mass is 206 g/mol. The molecule has 1 heterocycles. The minimum Gasteiger partial charge on any atom is -0.258 e. The van der Waals surface area contributed by atoms with E-state index in [1.54, 1.807) is 0 Å². The van der Waals surface area contributed by atoms with Gasteiger partial charge in [-0.1, -0.05) is 5.11 Å². The molecule has 0 bridgehead atoms. The van der Waals surface area contributed by atoms with Crippen molar-refractivity contribution < 1.29 is 9.55 Å². The lowest BCUT2D eigenvalue weighted by molar-refractivity contribution is -0.383. The number of nitro benzene ring substituents is 1. The lowest BCUT2D eigenvalue weighted by Crippen LogP contribution is -1.88. The first-order valence-electron chi connectivity index (χ1n) is 3.69. The Morgan fingerprint density at radius 3 is 2.87 bits per heavy atom. The van der Waals surface area contributed by atoms with E-state index < -0.39 is 4.92 Å². The van der Waals surface area contributed by atoms with Crippen molar-refractivity contribution in [2.24, 2.45) is 5.11 Å². The van der Waals surface area contributed by atoms with Crippen LogP contribution in [0.1, 0.15) is 0 Å². The zero-order chi connectivity index (χ0) is 10.8. The maximum Gasteiger partial charge on any atom is 0.300 e. The normalized spacial score (nSPS) is 9.87. The highest BCUT2D eigenvalue weighted by molar-refractivity contribution is 5.91. The Bertz CT molecular complexity index is 548. The van der Waals surface area contributed by atoms with E-state index in [4.69, 9.17) is 5.53 Å². The number of hydrogen-bond donors (Lipinski definition) is 0. The molecule has 2 aromatic rings. The van der Waals surface area contributed by atoms with E-state index in [-0.39, 0.29) is 22.4 Å². The van der Waals surface area contributed by atoms with Gasteiger partial charge in [-0.05, 0) is 21.9 Å². The zero-order valence-electron chi connectivity index (χ0n) is 7.06. The Morgan fingerprint density at radius 1 is 1.47 bits per heavy atom. The van der Waals surface area contributed by atoms with Crippen LogP contribution in [0.15, 0.2) is 21.9 Å². The maximum atomic E-state index is 10.6. The fourth-order valence-electron chi connectivity index (χ4n) is 1.12. The van der Waals surface area contributed by atoms with Crippen LogP contribution in [0.2, 0.25) is 0 Å². The second kappa shape index (κ2) is 3.24. The van der Waals surface area contributed by atoms with Gasteiger partial charge in [0.2, 0.25) is 5.52 Å². The van der Waals surface area contributed by atoms with Crippen LogP contribution in [-0.2, 0) is 0 Å². The summed E-state index contributed by atoms with van der Waals surface area (Å²) in [5, 5.41) is 20.7. The summed E-state index contributed by atoms with van der Waals surface area (Å²) < 4.78 is 4.35. The average Bonchev–Trinajstić information content (AvgIpc) is 2.66. The molecule has 0 spiro atoms. The Labute approximate surface area is 81.0 Å². The van der Waals surface area contributed by atoms with Crippen molar-refractivity contribution in [2.45, 2.75) is 0 Å². The Morgan fingerprint density at radius 2 is 2.20 bits per heavy atom. The van der Waals surface area contributed by atoms with E-state index >= 15 is 0 Å². The van der Waals surface area contributed by atoms with Crippen molar-refractivity contribution in [1.29, 1.82) is 0 Å². The number of azide groups is 1. The third-order valence-corrected chi connectivity index (χ3v) is 1.72. The lowest BCUT2D eigenvalue weighted by atomic mass is 10.2. The molecule has 0 fully saturated rings. The van der Waals surface area contributed by atoms with E-state index in [9.17, 15) is 10.1 Å². The summed E-state index contributed by atoms with van der Waals surface area (Å²) >= 11 is 0. The molecular weight excluding hydrogens is 204 g/mol. The summed E-state index contributed by atoms with van der Waals surface area (Å²) in [6.07, 6.45) is 0. The quantitative estimate of drug-likeness (QED) is 0.244. The molecule has 9 nitrogen and oxygen atoms in total. The lowest BCUT2D eigenvalue weighted by Gasteiger charge is -1.92. The van der Waals surface area contributed by atoms with Crippen molar-refractivity contribution >= 4 is 22.4 Å². The number of non-ortho nitro benzene ring substituents is 1. The van der Waals surface area contributed by atoms with Crippen LogP contribution < -0.4 is 0 Å². The van der Waals surface area contributed by atoms with Crippen LogP contribution in [0.4, 0.5) is 11.4 Å². The van der Waals surface area contributed by atoms with Gasteiger partial charge in [-0.2, -0.15) is 0 Å². The molecule has 2 rings (SSSR count). The summed E-state index contributed by atoms with van der Waals surface area (Å²) in [5.41, 5.74) is 8.17. The Hall–Kier alpha value is -2.67. The Balaban J connectivity index is 2.81. The molecule has 0 aliphatic heterocycles. The van der Waals surface area contributed by atoms with Gasteiger partial charge in [0.1, 0.15) is 0 Å². The van der Waals surface area contributed by atoms with E-state index in [2.05, 4.69) is 25.0 Å². The van der Waals surface area contributed by atoms with Crippen molar-refractivity contribution in [3.05, 3.63) is 32.7 Å². The van der Waals surface area contributed by atoms with Gasteiger partial charge in [0.05, 0.1) is 10.6 Å². The van der Waals surface area contributed by atoms with Crippen molar-refractivity contribution in [2.75, 3.05) is 0 Å². The third kappa shape index (κ3) is 1.32. The largest absolute Gasteiger partial charge is 0.300 e. The van der Waals surface area contributed by atoms with Gasteiger partial charge >= 0.3 is 5.69 Å². The van der Waals surface area contributed by atoms with Gasteiger partial charge in [-0.15, -0.1) is 0 Å². The third-order valence-electron chi connectivity index (χ3n) is 1.72. The molecule has 0 amide bonds. The van der Waals surface area contributed by atoms with Crippen LogP contribution in [-0.4, -0.2) is 15.2 Å². The molecule has 0 unspecified atom stereocenters. The standard InChI is InChI=1S/C6H2N6O3/c7-11-8-3-1-2-4(12(13)14)6-5(3)9-15-10-6/h1-2H. The van der Waals surface area contributed by atoms with Gasteiger partial charge < -0.3 is 0 Å². The zero-order valence-corrected chi connectivity index (χ0v) is 7.06. The van der Waals surface area contributed by atoms with Gasteiger partial charge in [0, 0.05) is 11.0 Å². The summed E-state index contributed by atoms with van der Waals surface area (Å²) in [4.78, 5) is 12.5. The van der Waals surface area contributed by atoms with Gasteiger partial charge in [-0.3, -0.25) is 10.1 Å². The number of aromatic nitrogens is 2. The van der Waals surface area contributed by atoms with Crippen LogP contribution >= 0.6 is 0 Å². The van der Waals surface area contributed by atoms with Crippen LogP contribution in [0.25, 0.3) is 21.5 Å². The average molecular weight is 206 g/mol. The molecule has 0 aliphatic rings. The van der Waals surface area contributed by atoms with Gasteiger partial charge in [0.15, 0.2) is 5.52 Å². The number of nitrogens with zero attached hydrogens (tertiary/aromatic N) is 6. The molecule has 0 atom stereocenters. The van der Waals surface area contributed by atoms with E-state index in [1.165, 1.54) is 12.1 Å². The van der Waals surface area contributed by atoms with Crippen molar-refractivity contribution in [3.8, 4) is 0 Å². The summed E-state index contributed by atoms with van der Waals surface area (Å²) in [7, 11) is 0. The van der Waals surface area contributed by atoms with Gasteiger partial charge in [0.25, 0.3) is 0 Å². The smallest absolute Gasteiger partial charge is 0.258 e. The second-order valence-electron chi connectivity index (χ2n) is 2.51. The fraction of sp³-hybridized carbons (Fsp3) is 0. The molecule has 0 radical (unpaired) electrons. The first-order valence-corrected chi connectivity index (χ1v) is 3.69. The van der Waals surface area contributed by atoms with E-state index in [1.807, 2.05) is 0 Å². The topological polar surface area (TPSA) is 131 Å². The maximum absolute atomic E-state index is 10.6. The van der Waals surface area contributed by atoms with E-state index in [0.29, 0.717) is 0 Å². The first-order chi connectivity index (χ1) is 7.24. The second-order valence-corrected chi connectivity index (χ2v) is 2.51. The van der Waals surface area contributed by atoms with Crippen LogP contribution in [0.5, 0.6) is 0 Å². The SMILES string of the molecule is [N-]=[N+]=Nc1ccc([N+](=O)[O-])c2nonc12. The molecule has 9 heteroatoms. The minimum absolute atomic E-state index is 0.0371. The minimum atomic E-state index is -0.619. The molecule has 1 aromatic carbocycles. The van der Waals surface area contributed by atoms with Crippen LogP contribution in [0.3, 0.4) is 0 Å². The highest BCUT2D eigenvalue weighted by atomic mass is 16.6. The van der Waals surface area contributed by atoms with Crippen LogP contribution in [0, 0.1) is 10.1 Å². The number of hydrogen-bond acceptors (Lipinski definition) is 6. The molecule has 0 saturated carbocycles. The van der Waals surface area contributed by atoms with Crippen molar-refractivity contribution in [3.63, 3.8) is 0 Å². The van der Waals surface area contributed by atoms with Gasteiger partial charge in [-0.25, -0.2) is 4.63 Å². The summed E-state index contributed by atoms with van der Waals surface area (Å²) in [6, 6.07) is 2.46. The predicted molar refractivity (Wildman–Crippen MR) is 47.3 cm³/mol. The van der Waals surface area contributed by atoms with E-state index in [0.717, 1.165) is 0 Å². The molecule has 15 heavy (non-hydrogen) atoms. The number of benzene rings is 1.